The third-order valence-corrected chi connectivity index (χ3v) is 7.20. The molecule has 1 aliphatic rings. The smallest absolute Gasteiger partial charge is 0.293 e. The zero-order valence-electron chi connectivity index (χ0n) is 18.2. The molecule has 0 N–H and O–H groups in total. The second-order valence-corrected chi connectivity index (χ2v) is 10.1. The summed E-state index contributed by atoms with van der Waals surface area (Å²) < 4.78 is 11.5. The first-order valence-electron chi connectivity index (χ1n) is 10.2. The quantitative estimate of drug-likeness (QED) is 0.269. The molecule has 1 fully saturated rings. The third kappa shape index (κ3) is 5.90. The zero-order valence-corrected chi connectivity index (χ0v) is 22.0. The lowest BCUT2D eigenvalue weighted by atomic mass is 10.1. The molecule has 0 unspecified atom stereocenters. The molecular formula is C25H17Cl4NO4S. The third-order valence-electron chi connectivity index (χ3n) is 5.12. The number of benzene rings is 3. The van der Waals surface area contributed by atoms with Gasteiger partial charge in [-0.25, -0.2) is 0 Å². The Bertz CT molecular complexity index is 1350. The highest BCUT2D eigenvalue weighted by molar-refractivity contribution is 8.18. The highest BCUT2D eigenvalue weighted by Gasteiger charge is 2.35. The number of carbonyl (C=O) groups is 2. The lowest BCUT2D eigenvalue weighted by Crippen LogP contribution is -2.27. The van der Waals surface area contributed by atoms with Crippen LogP contribution in [0.1, 0.15) is 16.7 Å². The number of nitrogens with zero attached hydrogens (tertiary/aromatic N) is 1. The normalized spacial score (nSPS) is 14.7. The molecule has 1 saturated heterocycles. The SMILES string of the molecule is COc1cccc(/C=C2/SC(=O)N(Cc3ccc(Cl)cc3Cl)C2=O)c1OCc1ccc(Cl)cc1Cl. The predicted octanol–water partition coefficient (Wildman–Crippen LogP) is 8.12. The summed E-state index contributed by atoms with van der Waals surface area (Å²) in [6.45, 7) is 0.183. The second-order valence-electron chi connectivity index (χ2n) is 7.41. The first-order chi connectivity index (χ1) is 16.8. The number of imide groups is 1. The van der Waals surface area contributed by atoms with Crippen LogP contribution in [-0.4, -0.2) is 23.2 Å². The standard InChI is InChI=1S/C25H17Cl4NO4S/c1-33-21-4-2-3-14(23(21)34-13-16-6-8-18(27)11-20(16)29)9-22-24(31)30(25(32)35-22)12-15-5-7-17(26)10-19(15)28/h2-11H,12-13H2,1H3/b22-9+. The molecular weight excluding hydrogens is 552 g/mol. The maximum absolute atomic E-state index is 13.1. The fraction of sp³-hybridized carbons (Fsp3) is 0.120. The van der Waals surface area contributed by atoms with Crippen LogP contribution in [0, 0.1) is 0 Å². The van der Waals surface area contributed by atoms with E-state index in [1.807, 2.05) is 0 Å². The molecule has 10 heteroatoms. The van der Waals surface area contributed by atoms with Gasteiger partial charge in [-0.2, -0.15) is 0 Å². The Morgan fingerprint density at radius 3 is 2.20 bits per heavy atom. The van der Waals surface area contributed by atoms with Crippen LogP contribution < -0.4 is 9.47 Å². The van der Waals surface area contributed by atoms with Crippen LogP contribution in [0.2, 0.25) is 20.1 Å². The number of rotatable bonds is 7. The van der Waals surface area contributed by atoms with Crippen molar-refractivity contribution in [2.24, 2.45) is 0 Å². The summed E-state index contributed by atoms with van der Waals surface area (Å²) in [4.78, 5) is 27.1. The Balaban J connectivity index is 1.60. The summed E-state index contributed by atoms with van der Waals surface area (Å²) in [5, 5.41) is 1.44. The van der Waals surface area contributed by atoms with Gasteiger partial charge in [0, 0.05) is 31.2 Å². The molecule has 1 aliphatic heterocycles. The largest absolute Gasteiger partial charge is 0.493 e. The number of halogens is 4. The van der Waals surface area contributed by atoms with Crippen LogP contribution >= 0.6 is 58.2 Å². The number of methoxy groups -OCH3 is 1. The molecule has 35 heavy (non-hydrogen) atoms. The van der Waals surface area contributed by atoms with E-state index in [1.54, 1.807) is 60.7 Å². The van der Waals surface area contributed by atoms with Gasteiger partial charge in [0.1, 0.15) is 6.61 Å². The van der Waals surface area contributed by atoms with Gasteiger partial charge < -0.3 is 9.47 Å². The van der Waals surface area contributed by atoms with E-state index in [2.05, 4.69) is 0 Å². The number of hydrogen-bond donors (Lipinski definition) is 0. The van der Waals surface area contributed by atoms with Crippen molar-refractivity contribution in [2.45, 2.75) is 13.2 Å². The lowest BCUT2D eigenvalue weighted by Gasteiger charge is -2.15. The number of ether oxygens (including phenoxy) is 2. The Hall–Kier alpha value is -2.35. The molecule has 0 bridgehead atoms. The van der Waals surface area contributed by atoms with Gasteiger partial charge in [-0.05, 0) is 53.7 Å². The van der Waals surface area contributed by atoms with Gasteiger partial charge in [0.05, 0.1) is 18.6 Å². The van der Waals surface area contributed by atoms with Crippen LogP contribution in [0.3, 0.4) is 0 Å². The minimum atomic E-state index is -0.430. The Morgan fingerprint density at radius 2 is 1.57 bits per heavy atom. The monoisotopic (exact) mass is 567 g/mol. The van der Waals surface area contributed by atoms with Gasteiger partial charge in [0.15, 0.2) is 11.5 Å². The van der Waals surface area contributed by atoms with Gasteiger partial charge >= 0.3 is 0 Å². The van der Waals surface area contributed by atoms with E-state index in [4.69, 9.17) is 55.9 Å². The van der Waals surface area contributed by atoms with E-state index in [9.17, 15) is 9.59 Å². The molecule has 5 nitrogen and oxygen atoms in total. The van der Waals surface area contributed by atoms with E-state index < -0.39 is 11.1 Å². The van der Waals surface area contributed by atoms with E-state index >= 15 is 0 Å². The summed E-state index contributed by atoms with van der Waals surface area (Å²) in [7, 11) is 1.52. The van der Waals surface area contributed by atoms with Gasteiger partial charge in [0.2, 0.25) is 0 Å². The average molecular weight is 569 g/mol. The molecule has 0 aromatic heterocycles. The van der Waals surface area contributed by atoms with Crippen molar-refractivity contribution < 1.29 is 19.1 Å². The highest BCUT2D eigenvalue weighted by Crippen LogP contribution is 2.39. The molecule has 2 amide bonds. The lowest BCUT2D eigenvalue weighted by molar-refractivity contribution is -0.123. The first-order valence-corrected chi connectivity index (χ1v) is 12.5. The minimum Gasteiger partial charge on any atom is -0.493 e. The summed E-state index contributed by atoms with van der Waals surface area (Å²) >= 11 is 25.3. The van der Waals surface area contributed by atoms with Gasteiger partial charge in [-0.15, -0.1) is 0 Å². The van der Waals surface area contributed by atoms with Crippen molar-refractivity contribution in [1.29, 1.82) is 0 Å². The number of amides is 2. The van der Waals surface area contributed by atoms with E-state index in [1.165, 1.54) is 7.11 Å². The van der Waals surface area contributed by atoms with E-state index in [0.717, 1.165) is 22.2 Å². The molecule has 0 spiro atoms. The number of thioether (sulfide) groups is 1. The van der Waals surface area contributed by atoms with Crippen molar-refractivity contribution in [3.63, 3.8) is 0 Å². The van der Waals surface area contributed by atoms with Crippen molar-refractivity contribution in [3.8, 4) is 11.5 Å². The van der Waals surface area contributed by atoms with Crippen molar-refractivity contribution in [3.05, 3.63) is 96.3 Å². The molecule has 1 heterocycles. The maximum atomic E-state index is 13.1. The molecule has 0 radical (unpaired) electrons. The predicted molar refractivity (Wildman–Crippen MR) is 142 cm³/mol. The van der Waals surface area contributed by atoms with Gasteiger partial charge in [-0.3, -0.25) is 14.5 Å². The molecule has 0 atom stereocenters. The van der Waals surface area contributed by atoms with Crippen molar-refractivity contribution in [1.82, 2.24) is 4.90 Å². The van der Waals surface area contributed by atoms with Crippen molar-refractivity contribution >= 4 is 75.4 Å². The summed E-state index contributed by atoms with van der Waals surface area (Å²) in [5.74, 6) is 0.449. The van der Waals surface area contributed by atoms with E-state index in [-0.39, 0.29) is 18.1 Å². The maximum Gasteiger partial charge on any atom is 0.293 e. The first kappa shape index (κ1) is 25.7. The highest BCUT2D eigenvalue weighted by atomic mass is 35.5. The van der Waals surface area contributed by atoms with Crippen LogP contribution in [0.25, 0.3) is 6.08 Å². The molecule has 180 valence electrons. The summed E-state index contributed by atoms with van der Waals surface area (Å²) in [5.41, 5.74) is 1.92. The fourth-order valence-corrected chi connectivity index (χ4v) is 5.11. The van der Waals surface area contributed by atoms with Gasteiger partial charge in [-0.1, -0.05) is 70.7 Å². The summed E-state index contributed by atoms with van der Waals surface area (Å²) in [6.07, 6.45) is 1.61. The topological polar surface area (TPSA) is 55.8 Å². The number of hydrogen-bond acceptors (Lipinski definition) is 5. The molecule has 0 saturated carbocycles. The van der Waals surface area contributed by atoms with Crippen LogP contribution in [-0.2, 0) is 17.9 Å². The number of carbonyl (C=O) groups excluding carboxylic acids is 2. The van der Waals surface area contributed by atoms with Gasteiger partial charge in [0.25, 0.3) is 11.1 Å². The van der Waals surface area contributed by atoms with Crippen LogP contribution in [0.4, 0.5) is 4.79 Å². The average Bonchev–Trinajstić information content (AvgIpc) is 3.08. The molecule has 4 rings (SSSR count). The Kier molecular flexibility index (Phi) is 8.19. The molecule has 0 aliphatic carbocycles. The minimum absolute atomic E-state index is 0.0363. The van der Waals surface area contributed by atoms with Crippen LogP contribution in [0.15, 0.2) is 59.5 Å². The molecule has 3 aromatic carbocycles. The van der Waals surface area contributed by atoms with Crippen molar-refractivity contribution in [2.75, 3.05) is 7.11 Å². The fourth-order valence-electron chi connectivity index (χ4n) is 3.35. The molecule has 3 aromatic rings. The zero-order chi connectivity index (χ0) is 25.1. The van der Waals surface area contributed by atoms with Crippen LogP contribution in [0.5, 0.6) is 11.5 Å². The van der Waals surface area contributed by atoms with E-state index in [0.29, 0.717) is 42.7 Å². The number of para-hydroxylation sites is 1. The Morgan fingerprint density at radius 1 is 0.914 bits per heavy atom. The second kappa shape index (κ2) is 11.1. The Labute approximate surface area is 226 Å². The summed E-state index contributed by atoms with van der Waals surface area (Å²) in [6, 6.07) is 15.3.